The summed E-state index contributed by atoms with van der Waals surface area (Å²) in [5.74, 6) is -1.24. The van der Waals surface area contributed by atoms with Gasteiger partial charge in [-0.2, -0.15) is 4.37 Å². The SMILES string of the molecule is COc1cccc(N(C(=O)c2snc(C(N)=O)c2N)[C@H](C)C(=O)NC(C)(C)C)c1. The first kappa shape index (κ1) is 22.2. The molecule has 2 aromatic rings. The molecule has 156 valence electrons. The molecule has 29 heavy (non-hydrogen) atoms. The van der Waals surface area contributed by atoms with E-state index in [1.807, 2.05) is 20.8 Å². The quantitative estimate of drug-likeness (QED) is 0.652. The van der Waals surface area contributed by atoms with Crippen LogP contribution in [-0.4, -0.2) is 40.8 Å². The Morgan fingerprint density at radius 3 is 2.45 bits per heavy atom. The number of nitrogens with zero attached hydrogens (tertiary/aromatic N) is 2. The van der Waals surface area contributed by atoms with E-state index in [0.29, 0.717) is 11.4 Å². The Labute approximate surface area is 173 Å². The fourth-order valence-corrected chi connectivity index (χ4v) is 3.35. The molecule has 10 heteroatoms. The van der Waals surface area contributed by atoms with Crippen molar-refractivity contribution in [3.63, 3.8) is 0 Å². The van der Waals surface area contributed by atoms with Gasteiger partial charge >= 0.3 is 0 Å². The summed E-state index contributed by atoms with van der Waals surface area (Å²) < 4.78 is 9.12. The van der Waals surface area contributed by atoms with Crippen molar-refractivity contribution in [2.24, 2.45) is 5.73 Å². The molecule has 0 aliphatic heterocycles. The number of nitrogens with two attached hydrogens (primary N) is 2. The number of benzene rings is 1. The molecule has 5 N–H and O–H groups in total. The van der Waals surface area contributed by atoms with Crippen molar-refractivity contribution in [3.8, 4) is 5.75 Å². The fourth-order valence-electron chi connectivity index (χ4n) is 2.61. The van der Waals surface area contributed by atoms with Crippen LogP contribution in [0.25, 0.3) is 0 Å². The Bertz CT molecular complexity index is 935. The lowest BCUT2D eigenvalue weighted by molar-refractivity contribution is -0.123. The average Bonchev–Trinajstić information content (AvgIpc) is 3.02. The van der Waals surface area contributed by atoms with Gasteiger partial charge in [0, 0.05) is 17.3 Å². The van der Waals surface area contributed by atoms with E-state index >= 15 is 0 Å². The number of hydrogen-bond acceptors (Lipinski definition) is 7. The number of rotatable bonds is 6. The number of hydrogen-bond donors (Lipinski definition) is 3. The predicted octanol–water partition coefficient (Wildman–Crippen LogP) is 1.78. The third-order valence-corrected chi connectivity index (χ3v) is 4.82. The molecule has 1 atom stereocenters. The van der Waals surface area contributed by atoms with Gasteiger partial charge < -0.3 is 21.5 Å². The zero-order valence-electron chi connectivity index (χ0n) is 17.0. The summed E-state index contributed by atoms with van der Waals surface area (Å²) in [6, 6.07) is 5.84. The number of aromatic nitrogens is 1. The van der Waals surface area contributed by atoms with Gasteiger partial charge in [-0.3, -0.25) is 19.3 Å². The minimum Gasteiger partial charge on any atom is -0.497 e. The molecule has 1 aromatic heterocycles. The van der Waals surface area contributed by atoms with Crippen LogP contribution in [0.15, 0.2) is 24.3 Å². The summed E-state index contributed by atoms with van der Waals surface area (Å²) in [5, 5.41) is 2.86. The molecule has 9 nitrogen and oxygen atoms in total. The minimum absolute atomic E-state index is 0.0250. The number of methoxy groups -OCH3 is 1. The molecule has 0 aliphatic carbocycles. The van der Waals surface area contributed by atoms with E-state index in [2.05, 4.69) is 9.69 Å². The van der Waals surface area contributed by atoms with Gasteiger partial charge in [-0.05, 0) is 51.4 Å². The van der Waals surface area contributed by atoms with E-state index in [1.54, 1.807) is 31.2 Å². The summed E-state index contributed by atoms with van der Waals surface area (Å²) in [7, 11) is 1.50. The lowest BCUT2D eigenvalue weighted by atomic mass is 10.1. The monoisotopic (exact) mass is 419 g/mol. The van der Waals surface area contributed by atoms with Crippen molar-refractivity contribution < 1.29 is 19.1 Å². The largest absolute Gasteiger partial charge is 0.497 e. The van der Waals surface area contributed by atoms with E-state index in [9.17, 15) is 14.4 Å². The van der Waals surface area contributed by atoms with Gasteiger partial charge in [0.25, 0.3) is 11.8 Å². The zero-order chi connectivity index (χ0) is 21.9. The maximum Gasteiger partial charge on any atom is 0.272 e. The van der Waals surface area contributed by atoms with Crippen molar-refractivity contribution >= 4 is 40.6 Å². The molecule has 0 unspecified atom stereocenters. The van der Waals surface area contributed by atoms with Crippen molar-refractivity contribution in [2.45, 2.75) is 39.3 Å². The average molecular weight is 420 g/mol. The minimum atomic E-state index is -0.882. The van der Waals surface area contributed by atoms with Gasteiger partial charge in [0.1, 0.15) is 16.7 Å². The molecule has 0 fully saturated rings. The van der Waals surface area contributed by atoms with E-state index in [1.165, 1.54) is 12.0 Å². The second-order valence-electron chi connectivity index (χ2n) is 7.43. The summed E-state index contributed by atoms with van der Waals surface area (Å²) >= 11 is 0.758. The van der Waals surface area contributed by atoms with Crippen molar-refractivity contribution in [1.29, 1.82) is 0 Å². The van der Waals surface area contributed by atoms with Crippen LogP contribution in [-0.2, 0) is 4.79 Å². The number of ether oxygens (including phenoxy) is 1. The molecule has 0 radical (unpaired) electrons. The van der Waals surface area contributed by atoms with Crippen LogP contribution in [0, 0.1) is 0 Å². The van der Waals surface area contributed by atoms with Gasteiger partial charge in [-0.1, -0.05) is 6.07 Å². The van der Waals surface area contributed by atoms with Crippen LogP contribution in [0.3, 0.4) is 0 Å². The van der Waals surface area contributed by atoms with Gasteiger partial charge in [0.15, 0.2) is 5.69 Å². The summed E-state index contributed by atoms with van der Waals surface area (Å²) in [6.07, 6.45) is 0. The molecular weight excluding hydrogens is 394 g/mol. The number of carbonyl (C=O) groups is 3. The predicted molar refractivity (Wildman–Crippen MR) is 112 cm³/mol. The van der Waals surface area contributed by atoms with Gasteiger partial charge in [-0.15, -0.1) is 0 Å². The van der Waals surface area contributed by atoms with Crippen molar-refractivity contribution in [2.75, 3.05) is 17.7 Å². The van der Waals surface area contributed by atoms with Gasteiger partial charge in [-0.25, -0.2) is 0 Å². The van der Waals surface area contributed by atoms with E-state index < -0.39 is 23.4 Å². The standard InChI is InChI=1S/C19H25N5O4S/c1-10(17(26)22-19(2,3)4)24(11-7-6-8-12(9-11)28-5)18(27)15-13(20)14(16(21)25)23-29-15/h6-10H,20H2,1-5H3,(H2,21,25)(H,22,26)/t10-/m1/s1. The first-order valence-electron chi connectivity index (χ1n) is 8.81. The van der Waals surface area contributed by atoms with E-state index in [0.717, 1.165) is 11.5 Å². The van der Waals surface area contributed by atoms with E-state index in [-0.39, 0.29) is 22.2 Å². The molecule has 0 saturated carbocycles. The molecular formula is C19H25N5O4S. The fraction of sp³-hybridized carbons (Fsp3) is 0.368. The molecule has 0 saturated heterocycles. The molecule has 2 rings (SSSR count). The molecule has 0 bridgehead atoms. The van der Waals surface area contributed by atoms with Crippen molar-refractivity contribution in [3.05, 3.63) is 34.8 Å². The molecule has 1 heterocycles. The smallest absolute Gasteiger partial charge is 0.272 e. The van der Waals surface area contributed by atoms with Crippen LogP contribution < -0.4 is 26.4 Å². The van der Waals surface area contributed by atoms with Crippen LogP contribution >= 0.6 is 11.5 Å². The zero-order valence-corrected chi connectivity index (χ0v) is 17.8. The molecule has 0 aliphatic rings. The number of primary amides is 1. The van der Waals surface area contributed by atoms with Crippen LogP contribution in [0.4, 0.5) is 11.4 Å². The van der Waals surface area contributed by atoms with E-state index in [4.69, 9.17) is 16.2 Å². The number of amides is 3. The molecule has 0 spiro atoms. The summed E-state index contributed by atoms with van der Waals surface area (Å²) in [4.78, 5) is 38.9. The highest BCUT2D eigenvalue weighted by atomic mass is 32.1. The summed E-state index contributed by atoms with van der Waals surface area (Å²) in [6.45, 7) is 7.13. The maximum atomic E-state index is 13.4. The Morgan fingerprint density at radius 2 is 1.93 bits per heavy atom. The third kappa shape index (κ3) is 5.02. The normalized spacial score (nSPS) is 12.2. The van der Waals surface area contributed by atoms with Gasteiger partial charge in [0.05, 0.1) is 12.8 Å². The van der Waals surface area contributed by atoms with Gasteiger partial charge in [0.2, 0.25) is 5.91 Å². The highest BCUT2D eigenvalue weighted by molar-refractivity contribution is 7.09. The van der Waals surface area contributed by atoms with Crippen molar-refractivity contribution in [1.82, 2.24) is 9.69 Å². The molecule has 1 aromatic carbocycles. The Balaban J connectivity index is 2.53. The first-order chi connectivity index (χ1) is 13.5. The number of nitrogen functional groups attached to an aromatic ring is 1. The van der Waals surface area contributed by atoms with Crippen LogP contribution in [0.1, 0.15) is 47.9 Å². The van der Waals surface area contributed by atoms with Crippen LogP contribution in [0.5, 0.6) is 5.75 Å². The second-order valence-corrected chi connectivity index (χ2v) is 8.20. The lowest BCUT2D eigenvalue weighted by Gasteiger charge is -2.31. The van der Waals surface area contributed by atoms with Crippen LogP contribution in [0.2, 0.25) is 0 Å². The Hall–Kier alpha value is -3.14. The number of carbonyl (C=O) groups excluding carboxylic acids is 3. The second kappa shape index (κ2) is 8.48. The summed E-state index contributed by atoms with van der Waals surface area (Å²) in [5.41, 5.74) is 10.8. The highest BCUT2D eigenvalue weighted by Gasteiger charge is 2.33. The maximum absolute atomic E-state index is 13.4. The topological polar surface area (TPSA) is 141 Å². The highest BCUT2D eigenvalue weighted by Crippen LogP contribution is 2.29. The Morgan fingerprint density at radius 1 is 1.28 bits per heavy atom. The first-order valence-corrected chi connectivity index (χ1v) is 9.58. The lowest BCUT2D eigenvalue weighted by Crippen LogP contribution is -2.52. The molecule has 3 amide bonds. The Kier molecular flexibility index (Phi) is 6.48. The number of nitrogens with one attached hydrogen (secondary N) is 1. The number of anilines is 2. The third-order valence-electron chi connectivity index (χ3n) is 3.97.